The number of nitrogens with zero attached hydrogens (tertiary/aromatic N) is 5. The molecule has 0 N–H and O–H groups in total. The predicted molar refractivity (Wildman–Crippen MR) is 211 cm³/mol. The minimum atomic E-state index is 0.560. The van der Waals surface area contributed by atoms with E-state index in [2.05, 4.69) is 107 Å². The first-order chi connectivity index (χ1) is 25.8. The molecule has 0 saturated heterocycles. The Balaban J connectivity index is 1.18. The quantitative estimate of drug-likeness (QED) is 0.187. The molecule has 242 valence electrons. The molecule has 7 aromatic carbocycles. The number of para-hydroxylation sites is 1. The van der Waals surface area contributed by atoms with E-state index in [4.69, 9.17) is 19.4 Å². The first kappa shape index (κ1) is 28.6. The third kappa shape index (κ3) is 4.25. The number of aromatic nitrogens is 5. The minimum Gasteiger partial charge on any atom is -0.454 e. The van der Waals surface area contributed by atoms with Crippen molar-refractivity contribution in [3.8, 4) is 39.9 Å². The van der Waals surface area contributed by atoms with Gasteiger partial charge in [-0.05, 0) is 58.6 Å². The summed E-state index contributed by atoms with van der Waals surface area (Å²) in [5, 5.41) is 8.00. The zero-order valence-corrected chi connectivity index (χ0v) is 27.7. The second-order valence-electron chi connectivity index (χ2n) is 13.0. The van der Waals surface area contributed by atoms with Crippen molar-refractivity contribution in [1.82, 2.24) is 24.5 Å². The van der Waals surface area contributed by atoms with Crippen LogP contribution in [0.15, 0.2) is 168 Å². The topological polar surface area (TPSA) is 69.6 Å². The lowest BCUT2D eigenvalue weighted by atomic mass is 10.0. The van der Waals surface area contributed by atoms with Crippen LogP contribution < -0.4 is 0 Å². The van der Waals surface area contributed by atoms with Crippen molar-refractivity contribution >= 4 is 65.4 Å². The lowest BCUT2D eigenvalue weighted by molar-refractivity contribution is 0.668. The molecule has 4 heterocycles. The molecular weight excluding hydrogens is 639 g/mol. The maximum absolute atomic E-state index is 6.20. The average Bonchev–Trinajstić information content (AvgIpc) is 3.77. The Morgan fingerprint density at radius 1 is 0.423 bits per heavy atom. The summed E-state index contributed by atoms with van der Waals surface area (Å²) >= 11 is 0. The van der Waals surface area contributed by atoms with E-state index >= 15 is 0 Å². The van der Waals surface area contributed by atoms with Gasteiger partial charge in [0.25, 0.3) is 0 Å². The molecule has 4 aromatic heterocycles. The second-order valence-corrected chi connectivity index (χ2v) is 13.0. The number of rotatable bonds is 4. The minimum absolute atomic E-state index is 0.560. The van der Waals surface area contributed by atoms with Crippen LogP contribution in [-0.2, 0) is 0 Å². The van der Waals surface area contributed by atoms with Crippen LogP contribution in [-0.4, -0.2) is 24.5 Å². The van der Waals surface area contributed by atoms with E-state index in [-0.39, 0.29) is 0 Å². The van der Waals surface area contributed by atoms with Crippen molar-refractivity contribution in [1.29, 1.82) is 0 Å². The Morgan fingerprint density at radius 3 is 2.02 bits per heavy atom. The highest BCUT2D eigenvalue weighted by Gasteiger charge is 2.21. The molecule has 0 fully saturated rings. The number of furan rings is 1. The summed E-state index contributed by atoms with van der Waals surface area (Å²) in [7, 11) is 0. The smallest absolute Gasteiger partial charge is 0.164 e. The Hall–Kier alpha value is -7.18. The van der Waals surface area contributed by atoms with E-state index < -0.39 is 0 Å². The Labute approximate surface area is 297 Å². The normalized spacial score (nSPS) is 11.8. The summed E-state index contributed by atoms with van der Waals surface area (Å²) in [6, 6.07) is 54.6. The zero-order chi connectivity index (χ0) is 34.2. The molecule has 0 aliphatic rings. The molecule has 0 bridgehead atoms. The van der Waals surface area contributed by atoms with Gasteiger partial charge in [0.15, 0.2) is 23.1 Å². The van der Waals surface area contributed by atoms with Gasteiger partial charge in [0.2, 0.25) is 0 Å². The van der Waals surface area contributed by atoms with Gasteiger partial charge in [0, 0.05) is 39.0 Å². The van der Waals surface area contributed by atoms with Crippen molar-refractivity contribution in [2.24, 2.45) is 0 Å². The molecule has 52 heavy (non-hydrogen) atoms. The fraction of sp³-hybridized carbons (Fsp3) is 0. The number of pyridine rings is 1. The summed E-state index contributed by atoms with van der Waals surface area (Å²) in [5.74, 6) is 1.75. The third-order valence-electron chi connectivity index (χ3n) is 10.1. The fourth-order valence-corrected chi connectivity index (χ4v) is 7.83. The van der Waals surface area contributed by atoms with Crippen molar-refractivity contribution in [2.45, 2.75) is 0 Å². The first-order valence-electron chi connectivity index (χ1n) is 17.3. The van der Waals surface area contributed by atoms with E-state index in [0.717, 1.165) is 60.7 Å². The molecule has 0 spiro atoms. The zero-order valence-electron chi connectivity index (χ0n) is 27.7. The largest absolute Gasteiger partial charge is 0.454 e. The Kier molecular flexibility index (Phi) is 6.15. The van der Waals surface area contributed by atoms with Gasteiger partial charge in [-0.2, -0.15) is 0 Å². The van der Waals surface area contributed by atoms with E-state index in [9.17, 15) is 0 Å². The number of hydrogen-bond donors (Lipinski definition) is 0. The Morgan fingerprint density at radius 2 is 1.13 bits per heavy atom. The highest BCUT2D eigenvalue weighted by atomic mass is 16.3. The summed E-state index contributed by atoms with van der Waals surface area (Å²) in [4.78, 5) is 20.1. The van der Waals surface area contributed by atoms with Crippen LogP contribution >= 0.6 is 0 Å². The third-order valence-corrected chi connectivity index (χ3v) is 10.1. The predicted octanol–water partition coefficient (Wildman–Crippen LogP) is 11.6. The highest BCUT2D eigenvalue weighted by molar-refractivity contribution is 6.22. The molecule has 11 rings (SSSR count). The Bertz CT molecular complexity index is 3200. The van der Waals surface area contributed by atoms with E-state index in [1.807, 2.05) is 60.7 Å². The summed E-state index contributed by atoms with van der Waals surface area (Å²) < 4.78 is 8.60. The summed E-state index contributed by atoms with van der Waals surface area (Å²) in [6.45, 7) is 0. The molecular formula is C46H27N5O. The highest BCUT2D eigenvalue weighted by Crippen LogP contribution is 2.41. The van der Waals surface area contributed by atoms with Gasteiger partial charge >= 0.3 is 0 Å². The molecule has 0 aliphatic heterocycles. The van der Waals surface area contributed by atoms with E-state index in [1.165, 1.54) is 27.1 Å². The number of hydrogen-bond acceptors (Lipinski definition) is 5. The van der Waals surface area contributed by atoms with Crippen LogP contribution in [0.4, 0.5) is 0 Å². The maximum Gasteiger partial charge on any atom is 0.164 e. The van der Waals surface area contributed by atoms with Crippen LogP contribution in [0.3, 0.4) is 0 Å². The van der Waals surface area contributed by atoms with Gasteiger partial charge in [-0.1, -0.05) is 115 Å². The second kappa shape index (κ2) is 11.2. The monoisotopic (exact) mass is 665 g/mol. The van der Waals surface area contributed by atoms with Crippen LogP contribution in [0.1, 0.15) is 0 Å². The van der Waals surface area contributed by atoms with Gasteiger partial charge in [-0.15, -0.1) is 0 Å². The molecule has 6 nitrogen and oxygen atoms in total. The standard InChI is InChI=1S/C46H27N5O/c1-2-13-29(14-3-1)44-48-45(50-46(49-44)35-19-10-21-39-42(35)43-40(52-39)22-11-27-47-43)33-24-26-37(32-17-7-6-16-31(32)33)51-36-20-9-8-18-34(36)41-30-15-5-4-12-28(30)23-25-38(41)51/h1-27H. The number of benzene rings is 7. The van der Waals surface area contributed by atoms with Gasteiger partial charge in [0.1, 0.15) is 11.1 Å². The number of fused-ring (bicyclic) bond motifs is 9. The molecule has 0 unspecified atom stereocenters. The SMILES string of the molecule is c1ccc(-c2nc(-c3ccc(-n4c5ccccc5c5c6ccccc6ccc54)c4ccccc34)nc(-c3cccc4oc5cccnc5c34)n2)cc1. The van der Waals surface area contributed by atoms with Crippen molar-refractivity contribution in [3.63, 3.8) is 0 Å². The van der Waals surface area contributed by atoms with Crippen molar-refractivity contribution in [2.75, 3.05) is 0 Å². The van der Waals surface area contributed by atoms with Crippen LogP contribution in [0, 0.1) is 0 Å². The molecule has 0 saturated carbocycles. The van der Waals surface area contributed by atoms with E-state index in [1.54, 1.807) is 6.20 Å². The molecule has 6 heteroatoms. The van der Waals surface area contributed by atoms with Crippen LogP contribution in [0.25, 0.3) is 105 Å². The average molecular weight is 666 g/mol. The summed E-state index contributed by atoms with van der Waals surface area (Å²) in [5.41, 5.74) is 8.35. The summed E-state index contributed by atoms with van der Waals surface area (Å²) in [6.07, 6.45) is 1.79. The van der Waals surface area contributed by atoms with Crippen LogP contribution in [0.2, 0.25) is 0 Å². The lowest BCUT2D eigenvalue weighted by Gasteiger charge is -2.15. The van der Waals surface area contributed by atoms with Gasteiger partial charge in [-0.25, -0.2) is 15.0 Å². The maximum atomic E-state index is 6.20. The van der Waals surface area contributed by atoms with Crippen molar-refractivity contribution < 1.29 is 4.42 Å². The molecule has 11 aromatic rings. The van der Waals surface area contributed by atoms with Gasteiger partial charge in [-0.3, -0.25) is 4.98 Å². The molecule has 0 amide bonds. The molecule has 0 aliphatic carbocycles. The van der Waals surface area contributed by atoms with Gasteiger partial charge in [0.05, 0.1) is 22.1 Å². The van der Waals surface area contributed by atoms with E-state index in [0.29, 0.717) is 17.5 Å². The first-order valence-corrected chi connectivity index (χ1v) is 17.3. The van der Waals surface area contributed by atoms with Gasteiger partial charge < -0.3 is 8.98 Å². The molecule has 0 radical (unpaired) electrons. The molecule has 0 atom stereocenters. The van der Waals surface area contributed by atoms with Crippen LogP contribution in [0.5, 0.6) is 0 Å². The lowest BCUT2D eigenvalue weighted by Crippen LogP contribution is -2.02. The fourth-order valence-electron chi connectivity index (χ4n) is 7.83. The van der Waals surface area contributed by atoms with Crippen molar-refractivity contribution in [3.05, 3.63) is 164 Å².